The summed E-state index contributed by atoms with van der Waals surface area (Å²) in [6, 6.07) is 13.8. The fourth-order valence-corrected chi connectivity index (χ4v) is 2.38. The highest BCUT2D eigenvalue weighted by Crippen LogP contribution is 2.30. The topological polar surface area (TPSA) is 52.0 Å². The van der Waals surface area contributed by atoms with Crippen LogP contribution in [0, 0.1) is 0 Å². The number of rotatable bonds is 4. The van der Waals surface area contributed by atoms with E-state index >= 15 is 0 Å². The molecule has 0 bridgehead atoms. The third-order valence-corrected chi connectivity index (χ3v) is 3.50. The number of nitrogens with zero attached hydrogens (tertiary/aromatic N) is 1. The van der Waals surface area contributed by atoms with Crippen LogP contribution in [0.3, 0.4) is 0 Å². The molecule has 0 saturated carbocycles. The Bertz CT molecular complexity index is 716. The summed E-state index contributed by atoms with van der Waals surface area (Å²) in [4.78, 5) is 4.65. The van der Waals surface area contributed by atoms with Crippen LogP contribution in [0.25, 0.3) is 22.6 Å². The molecule has 0 spiro atoms. The Morgan fingerprint density at radius 1 is 1.10 bits per heavy atom. The molecule has 3 heteroatoms. The molecule has 0 amide bonds. The first kappa shape index (κ1) is 12.7. The summed E-state index contributed by atoms with van der Waals surface area (Å²) in [5, 5.41) is 0. The predicted molar refractivity (Wildman–Crippen MR) is 82.5 cm³/mol. The lowest BCUT2D eigenvalue weighted by Crippen LogP contribution is -1.95. The molecule has 3 rings (SSSR count). The minimum Gasteiger partial charge on any atom is -0.436 e. The predicted octanol–water partition coefficient (Wildman–Crippen LogP) is 4.42. The molecule has 0 radical (unpaired) electrons. The molecule has 0 fully saturated rings. The van der Waals surface area contributed by atoms with E-state index in [9.17, 15) is 0 Å². The number of nitrogen functional groups attached to an aromatic ring is 1. The van der Waals surface area contributed by atoms with Crippen LogP contribution in [-0.4, -0.2) is 4.98 Å². The van der Waals surface area contributed by atoms with Crippen LogP contribution in [0.15, 0.2) is 46.9 Å². The number of aryl methyl sites for hydroxylation is 1. The van der Waals surface area contributed by atoms with Gasteiger partial charge in [-0.25, -0.2) is 4.98 Å². The number of nitrogens with two attached hydrogens (primary N) is 1. The van der Waals surface area contributed by atoms with Gasteiger partial charge < -0.3 is 10.2 Å². The number of aromatic nitrogens is 1. The number of benzene rings is 2. The van der Waals surface area contributed by atoms with E-state index in [1.54, 1.807) is 0 Å². The Hall–Kier alpha value is -2.29. The van der Waals surface area contributed by atoms with Crippen LogP contribution in [0.5, 0.6) is 0 Å². The van der Waals surface area contributed by atoms with Gasteiger partial charge >= 0.3 is 0 Å². The number of oxazole rings is 1. The standard InChI is InChI=1S/C17H18N2O/c1-2-3-9-13-14(18)10-11-15-16(13)19-17(20-15)12-7-5-4-6-8-12/h4-8,10-11H,2-3,9,18H2,1H3. The van der Waals surface area contributed by atoms with Crippen molar-refractivity contribution in [1.82, 2.24) is 4.98 Å². The Kier molecular flexibility index (Phi) is 3.42. The summed E-state index contributed by atoms with van der Waals surface area (Å²) < 4.78 is 5.86. The maximum absolute atomic E-state index is 6.09. The highest BCUT2D eigenvalue weighted by Gasteiger charge is 2.13. The summed E-state index contributed by atoms with van der Waals surface area (Å²) in [6.45, 7) is 2.18. The molecular weight excluding hydrogens is 248 g/mol. The highest BCUT2D eigenvalue weighted by atomic mass is 16.3. The van der Waals surface area contributed by atoms with Crippen molar-refractivity contribution in [3.8, 4) is 11.5 Å². The Balaban J connectivity index is 2.11. The Morgan fingerprint density at radius 2 is 1.90 bits per heavy atom. The molecule has 2 aromatic carbocycles. The van der Waals surface area contributed by atoms with E-state index in [4.69, 9.17) is 10.2 Å². The zero-order valence-corrected chi connectivity index (χ0v) is 11.6. The second-order valence-electron chi connectivity index (χ2n) is 4.97. The van der Waals surface area contributed by atoms with Crippen LogP contribution < -0.4 is 5.73 Å². The van der Waals surface area contributed by atoms with Crippen molar-refractivity contribution in [2.45, 2.75) is 26.2 Å². The number of hydrogen-bond donors (Lipinski definition) is 1. The highest BCUT2D eigenvalue weighted by molar-refractivity contribution is 5.84. The van der Waals surface area contributed by atoms with Gasteiger partial charge in [0.15, 0.2) is 5.58 Å². The molecule has 0 aliphatic carbocycles. The molecule has 20 heavy (non-hydrogen) atoms. The van der Waals surface area contributed by atoms with Gasteiger partial charge in [0.05, 0.1) is 0 Å². The van der Waals surface area contributed by atoms with Crippen LogP contribution in [0.4, 0.5) is 5.69 Å². The molecule has 2 N–H and O–H groups in total. The van der Waals surface area contributed by atoms with Crippen LogP contribution in [0.1, 0.15) is 25.3 Å². The molecule has 1 heterocycles. The van der Waals surface area contributed by atoms with Gasteiger partial charge in [-0.2, -0.15) is 0 Å². The average molecular weight is 266 g/mol. The van der Waals surface area contributed by atoms with Gasteiger partial charge in [-0.3, -0.25) is 0 Å². The summed E-state index contributed by atoms with van der Waals surface area (Å²) in [7, 11) is 0. The minimum atomic E-state index is 0.656. The SMILES string of the molecule is CCCCc1c(N)ccc2oc(-c3ccccc3)nc12. The zero-order chi connectivity index (χ0) is 13.9. The largest absolute Gasteiger partial charge is 0.436 e. The lowest BCUT2D eigenvalue weighted by molar-refractivity contribution is 0.620. The first-order valence-electron chi connectivity index (χ1n) is 7.03. The maximum Gasteiger partial charge on any atom is 0.227 e. The maximum atomic E-state index is 6.09. The molecule has 0 aliphatic heterocycles. The van der Waals surface area contributed by atoms with Crippen LogP contribution in [-0.2, 0) is 6.42 Å². The van der Waals surface area contributed by atoms with E-state index in [2.05, 4.69) is 11.9 Å². The molecule has 0 saturated heterocycles. The Labute approximate surface area is 118 Å². The van der Waals surface area contributed by atoms with Crippen molar-refractivity contribution in [3.05, 3.63) is 48.0 Å². The van der Waals surface area contributed by atoms with Gasteiger partial charge in [0.1, 0.15) is 5.52 Å². The second-order valence-corrected chi connectivity index (χ2v) is 4.97. The lowest BCUT2D eigenvalue weighted by atomic mass is 10.1. The van der Waals surface area contributed by atoms with Crippen molar-refractivity contribution in [1.29, 1.82) is 0 Å². The molecule has 3 nitrogen and oxygen atoms in total. The van der Waals surface area contributed by atoms with Gasteiger partial charge in [0, 0.05) is 16.8 Å². The summed E-state index contributed by atoms with van der Waals surface area (Å²) in [5.41, 5.74) is 10.7. The molecule has 0 atom stereocenters. The minimum absolute atomic E-state index is 0.656. The van der Waals surface area contributed by atoms with E-state index in [1.807, 2.05) is 42.5 Å². The quantitative estimate of drug-likeness (QED) is 0.711. The van der Waals surface area contributed by atoms with Crippen LogP contribution >= 0.6 is 0 Å². The first-order valence-corrected chi connectivity index (χ1v) is 7.03. The third kappa shape index (κ3) is 2.27. The molecule has 0 unspecified atom stereocenters. The Morgan fingerprint density at radius 3 is 2.65 bits per heavy atom. The van der Waals surface area contributed by atoms with Crippen molar-refractivity contribution >= 4 is 16.8 Å². The van der Waals surface area contributed by atoms with E-state index in [0.717, 1.165) is 47.2 Å². The molecular formula is C17H18N2O. The summed E-state index contributed by atoms with van der Waals surface area (Å²) in [5.74, 6) is 0.656. The number of fused-ring (bicyclic) bond motifs is 1. The van der Waals surface area contributed by atoms with Crippen molar-refractivity contribution in [2.24, 2.45) is 0 Å². The van der Waals surface area contributed by atoms with Gasteiger partial charge in [-0.05, 0) is 37.1 Å². The van der Waals surface area contributed by atoms with Crippen LogP contribution in [0.2, 0.25) is 0 Å². The van der Waals surface area contributed by atoms with Crippen molar-refractivity contribution < 1.29 is 4.42 Å². The number of unbranched alkanes of at least 4 members (excludes halogenated alkanes) is 1. The van der Waals surface area contributed by atoms with E-state index < -0.39 is 0 Å². The molecule has 3 aromatic rings. The van der Waals surface area contributed by atoms with Gasteiger partial charge in [0.2, 0.25) is 5.89 Å². The van der Waals surface area contributed by atoms with E-state index in [-0.39, 0.29) is 0 Å². The smallest absolute Gasteiger partial charge is 0.227 e. The third-order valence-electron chi connectivity index (χ3n) is 3.50. The summed E-state index contributed by atoms with van der Waals surface area (Å²) >= 11 is 0. The molecule has 102 valence electrons. The first-order chi connectivity index (χ1) is 9.79. The second kappa shape index (κ2) is 5.37. The van der Waals surface area contributed by atoms with Gasteiger partial charge in [-0.1, -0.05) is 31.5 Å². The molecule has 0 aliphatic rings. The zero-order valence-electron chi connectivity index (χ0n) is 11.6. The monoisotopic (exact) mass is 266 g/mol. The number of anilines is 1. The van der Waals surface area contributed by atoms with E-state index in [0.29, 0.717) is 5.89 Å². The van der Waals surface area contributed by atoms with Gasteiger partial charge in [-0.15, -0.1) is 0 Å². The van der Waals surface area contributed by atoms with Crippen molar-refractivity contribution in [3.63, 3.8) is 0 Å². The fraction of sp³-hybridized carbons (Fsp3) is 0.235. The normalized spacial score (nSPS) is 11.1. The average Bonchev–Trinajstić information content (AvgIpc) is 2.91. The lowest BCUT2D eigenvalue weighted by Gasteiger charge is -2.04. The fourth-order valence-electron chi connectivity index (χ4n) is 2.38. The summed E-state index contributed by atoms with van der Waals surface area (Å²) in [6.07, 6.45) is 3.19. The number of hydrogen-bond acceptors (Lipinski definition) is 3. The van der Waals surface area contributed by atoms with Gasteiger partial charge in [0.25, 0.3) is 0 Å². The molecule has 1 aromatic heterocycles. The van der Waals surface area contributed by atoms with E-state index in [1.165, 1.54) is 0 Å². The van der Waals surface area contributed by atoms with Crippen molar-refractivity contribution in [2.75, 3.05) is 5.73 Å².